The molecule has 122 valence electrons. The minimum Gasteiger partial charge on any atom is -0.309 e. The molecule has 0 aliphatic carbocycles. The van der Waals surface area contributed by atoms with Crippen molar-refractivity contribution in [1.82, 2.24) is 15.1 Å². The molecule has 0 radical (unpaired) electrons. The van der Waals surface area contributed by atoms with Crippen molar-refractivity contribution in [1.29, 1.82) is 0 Å². The van der Waals surface area contributed by atoms with Gasteiger partial charge in [0.15, 0.2) is 0 Å². The summed E-state index contributed by atoms with van der Waals surface area (Å²) in [7, 11) is 0. The summed E-state index contributed by atoms with van der Waals surface area (Å²) in [6, 6.07) is 0.289. The van der Waals surface area contributed by atoms with Crippen LogP contribution in [0.25, 0.3) is 0 Å². The summed E-state index contributed by atoms with van der Waals surface area (Å²) in [5, 5.41) is 8.83. The number of nitrogens with zero attached hydrogens (tertiary/aromatic N) is 2. The zero-order chi connectivity index (χ0) is 16.0. The van der Waals surface area contributed by atoms with Crippen molar-refractivity contribution in [3.8, 4) is 0 Å². The van der Waals surface area contributed by atoms with E-state index in [9.17, 15) is 0 Å². The van der Waals surface area contributed by atoms with Crippen LogP contribution in [0.5, 0.6) is 0 Å². The van der Waals surface area contributed by atoms with Crippen molar-refractivity contribution in [3.05, 3.63) is 16.9 Å². The SMILES string of the molecule is CCCNC(CC(C)CC(C)(C)C)c1c(Cl)cnn1CC. The topological polar surface area (TPSA) is 29.9 Å². The van der Waals surface area contributed by atoms with Gasteiger partial charge in [-0.05, 0) is 44.1 Å². The van der Waals surface area contributed by atoms with Crippen LogP contribution in [0.15, 0.2) is 6.20 Å². The summed E-state index contributed by atoms with van der Waals surface area (Å²) in [5.41, 5.74) is 1.51. The molecule has 21 heavy (non-hydrogen) atoms. The van der Waals surface area contributed by atoms with Crippen LogP contribution in [0.4, 0.5) is 0 Å². The Morgan fingerprint density at radius 3 is 2.52 bits per heavy atom. The third-order valence-electron chi connectivity index (χ3n) is 3.70. The Hall–Kier alpha value is -0.540. The Morgan fingerprint density at radius 1 is 1.33 bits per heavy atom. The first-order valence-electron chi connectivity index (χ1n) is 8.23. The number of hydrogen-bond donors (Lipinski definition) is 1. The Kier molecular flexibility index (Phi) is 7.22. The molecular formula is C17H32ClN3. The Bertz CT molecular complexity index is 420. The number of rotatable bonds is 8. The van der Waals surface area contributed by atoms with Crippen molar-refractivity contribution in [2.75, 3.05) is 6.54 Å². The highest BCUT2D eigenvalue weighted by Crippen LogP contribution is 2.33. The lowest BCUT2D eigenvalue weighted by molar-refractivity contribution is 0.272. The molecule has 0 saturated heterocycles. The molecule has 0 saturated carbocycles. The average Bonchev–Trinajstić information content (AvgIpc) is 2.73. The number of aromatic nitrogens is 2. The van der Waals surface area contributed by atoms with E-state index in [4.69, 9.17) is 11.6 Å². The van der Waals surface area contributed by atoms with Crippen molar-refractivity contribution in [2.24, 2.45) is 11.3 Å². The molecule has 0 aliphatic heterocycles. The van der Waals surface area contributed by atoms with Gasteiger partial charge in [-0.2, -0.15) is 5.10 Å². The van der Waals surface area contributed by atoms with Crippen LogP contribution < -0.4 is 5.32 Å². The van der Waals surface area contributed by atoms with Gasteiger partial charge in [0, 0.05) is 6.54 Å². The second kappa shape index (κ2) is 8.19. The van der Waals surface area contributed by atoms with Crippen LogP contribution in [0.1, 0.15) is 72.5 Å². The zero-order valence-electron chi connectivity index (χ0n) is 14.5. The lowest BCUT2D eigenvalue weighted by Crippen LogP contribution is -2.27. The Balaban J connectivity index is 2.87. The Labute approximate surface area is 135 Å². The molecule has 1 aromatic heterocycles. The first-order chi connectivity index (χ1) is 9.78. The van der Waals surface area contributed by atoms with E-state index < -0.39 is 0 Å². The largest absolute Gasteiger partial charge is 0.309 e. The van der Waals surface area contributed by atoms with Crippen molar-refractivity contribution >= 4 is 11.6 Å². The fourth-order valence-electron chi connectivity index (χ4n) is 3.11. The van der Waals surface area contributed by atoms with Gasteiger partial charge < -0.3 is 5.32 Å². The summed E-state index contributed by atoms with van der Waals surface area (Å²) in [6.07, 6.45) is 5.22. The van der Waals surface area contributed by atoms with E-state index in [-0.39, 0.29) is 6.04 Å². The van der Waals surface area contributed by atoms with Crippen molar-refractivity contribution in [2.45, 2.75) is 73.4 Å². The van der Waals surface area contributed by atoms with E-state index in [0.29, 0.717) is 11.3 Å². The Morgan fingerprint density at radius 2 is 2.00 bits per heavy atom. The van der Waals surface area contributed by atoms with Gasteiger partial charge in [0.1, 0.15) is 0 Å². The van der Waals surface area contributed by atoms with E-state index in [1.165, 1.54) is 6.42 Å². The maximum atomic E-state index is 6.39. The molecule has 0 bridgehead atoms. The standard InChI is InChI=1S/C17H32ClN3/c1-7-9-19-15(10-13(3)11-17(4,5)6)16-14(18)12-20-21(16)8-2/h12-13,15,19H,7-11H2,1-6H3. The molecule has 2 atom stereocenters. The number of aryl methyl sites for hydroxylation is 1. The second-order valence-corrected chi connectivity index (χ2v) is 7.71. The van der Waals surface area contributed by atoms with Crippen LogP contribution in [-0.2, 0) is 6.54 Å². The van der Waals surface area contributed by atoms with Gasteiger partial charge in [-0.25, -0.2) is 0 Å². The summed E-state index contributed by atoms with van der Waals surface area (Å²) in [4.78, 5) is 0. The lowest BCUT2D eigenvalue weighted by Gasteiger charge is -2.28. The highest BCUT2D eigenvalue weighted by atomic mass is 35.5. The molecule has 1 heterocycles. The van der Waals surface area contributed by atoms with Gasteiger partial charge in [0.05, 0.1) is 23.0 Å². The van der Waals surface area contributed by atoms with E-state index in [1.807, 2.05) is 4.68 Å². The predicted octanol–water partition coefficient (Wildman–Crippen LogP) is 5.06. The molecule has 1 aromatic rings. The van der Waals surface area contributed by atoms with Crippen molar-refractivity contribution in [3.63, 3.8) is 0 Å². The van der Waals surface area contributed by atoms with Crippen LogP contribution in [0.2, 0.25) is 5.02 Å². The molecule has 0 spiro atoms. The normalized spacial score (nSPS) is 15.2. The zero-order valence-corrected chi connectivity index (χ0v) is 15.3. The maximum absolute atomic E-state index is 6.39. The van der Waals surface area contributed by atoms with Crippen LogP contribution in [0.3, 0.4) is 0 Å². The van der Waals surface area contributed by atoms with Gasteiger partial charge in [-0.3, -0.25) is 4.68 Å². The smallest absolute Gasteiger partial charge is 0.0834 e. The summed E-state index contributed by atoms with van der Waals surface area (Å²) in [6.45, 7) is 15.4. The van der Waals surface area contributed by atoms with Gasteiger partial charge in [-0.1, -0.05) is 46.2 Å². The van der Waals surface area contributed by atoms with Crippen LogP contribution in [0, 0.1) is 11.3 Å². The summed E-state index contributed by atoms with van der Waals surface area (Å²) >= 11 is 6.39. The summed E-state index contributed by atoms with van der Waals surface area (Å²) < 4.78 is 2.03. The molecule has 0 amide bonds. The first-order valence-corrected chi connectivity index (χ1v) is 8.60. The first kappa shape index (κ1) is 18.5. The van der Waals surface area contributed by atoms with E-state index >= 15 is 0 Å². The number of hydrogen-bond acceptors (Lipinski definition) is 2. The predicted molar refractivity (Wildman–Crippen MR) is 91.8 cm³/mol. The minimum atomic E-state index is 0.289. The van der Waals surface area contributed by atoms with E-state index in [0.717, 1.165) is 36.6 Å². The van der Waals surface area contributed by atoms with Gasteiger partial charge in [-0.15, -0.1) is 0 Å². The highest BCUT2D eigenvalue weighted by molar-refractivity contribution is 6.31. The molecule has 0 aromatic carbocycles. The number of halogens is 1. The molecule has 4 heteroatoms. The van der Waals surface area contributed by atoms with E-state index in [1.54, 1.807) is 6.20 Å². The van der Waals surface area contributed by atoms with E-state index in [2.05, 4.69) is 52.0 Å². The molecule has 3 nitrogen and oxygen atoms in total. The maximum Gasteiger partial charge on any atom is 0.0834 e. The quantitative estimate of drug-likeness (QED) is 0.727. The second-order valence-electron chi connectivity index (χ2n) is 7.31. The third kappa shape index (κ3) is 5.99. The van der Waals surface area contributed by atoms with Crippen LogP contribution >= 0.6 is 11.6 Å². The fourth-order valence-corrected chi connectivity index (χ4v) is 3.38. The lowest BCUT2D eigenvalue weighted by atomic mass is 9.82. The number of nitrogens with one attached hydrogen (secondary N) is 1. The minimum absolute atomic E-state index is 0.289. The third-order valence-corrected chi connectivity index (χ3v) is 3.99. The summed E-state index contributed by atoms with van der Waals surface area (Å²) in [5.74, 6) is 0.649. The molecular weight excluding hydrogens is 282 g/mol. The molecule has 1 N–H and O–H groups in total. The molecule has 0 fully saturated rings. The van der Waals surface area contributed by atoms with Gasteiger partial charge >= 0.3 is 0 Å². The fraction of sp³-hybridized carbons (Fsp3) is 0.824. The average molecular weight is 314 g/mol. The van der Waals surface area contributed by atoms with Gasteiger partial charge in [0.25, 0.3) is 0 Å². The van der Waals surface area contributed by atoms with Crippen LogP contribution in [-0.4, -0.2) is 16.3 Å². The van der Waals surface area contributed by atoms with Gasteiger partial charge in [0.2, 0.25) is 0 Å². The molecule has 1 rings (SSSR count). The molecule has 2 unspecified atom stereocenters. The van der Waals surface area contributed by atoms with Crippen molar-refractivity contribution < 1.29 is 0 Å². The molecule has 0 aliphatic rings. The monoisotopic (exact) mass is 313 g/mol. The highest BCUT2D eigenvalue weighted by Gasteiger charge is 2.24.